The number of benzene rings is 1. The van der Waals surface area contributed by atoms with Crippen molar-refractivity contribution in [2.75, 3.05) is 27.2 Å². The Morgan fingerprint density at radius 2 is 2.00 bits per heavy atom. The molecule has 2 heterocycles. The fraction of sp³-hybridized carbons (Fsp3) is 0.222. The van der Waals surface area contributed by atoms with E-state index in [1.807, 2.05) is 24.3 Å². The van der Waals surface area contributed by atoms with Crippen molar-refractivity contribution < 1.29 is 14.4 Å². The zero-order valence-corrected chi connectivity index (χ0v) is 13.3. The molecule has 2 N–H and O–H groups in total. The Morgan fingerprint density at radius 3 is 2.83 bits per heavy atom. The van der Waals surface area contributed by atoms with E-state index in [1.165, 1.54) is 4.90 Å². The molecule has 0 aliphatic carbocycles. The number of carbonyl (C=O) groups is 1. The van der Waals surface area contributed by atoms with E-state index in [1.54, 1.807) is 24.4 Å². The van der Waals surface area contributed by atoms with Gasteiger partial charge in [-0.2, -0.15) is 0 Å². The maximum Gasteiger partial charge on any atom is 0.214 e. The van der Waals surface area contributed by atoms with Gasteiger partial charge in [0.25, 0.3) is 0 Å². The minimum absolute atomic E-state index is 0.105. The Morgan fingerprint density at radius 1 is 1.17 bits per heavy atom. The summed E-state index contributed by atoms with van der Waals surface area (Å²) in [6.45, 7) is 1.45. The summed E-state index contributed by atoms with van der Waals surface area (Å²) in [4.78, 5) is 21.5. The van der Waals surface area contributed by atoms with Crippen molar-refractivity contribution in [2.45, 2.75) is 0 Å². The molecule has 0 spiro atoms. The van der Waals surface area contributed by atoms with Crippen LogP contribution in [0.5, 0.6) is 5.88 Å². The first kappa shape index (κ1) is 15.2. The van der Waals surface area contributed by atoms with Gasteiger partial charge in [0.1, 0.15) is 18.8 Å². The highest BCUT2D eigenvalue weighted by atomic mass is 16.5. The van der Waals surface area contributed by atoms with Crippen LogP contribution in [0.15, 0.2) is 48.7 Å². The molecule has 0 saturated carbocycles. The highest BCUT2D eigenvalue weighted by Crippen LogP contribution is 2.21. The van der Waals surface area contributed by atoms with Crippen LogP contribution < -0.4 is 9.64 Å². The highest BCUT2D eigenvalue weighted by molar-refractivity contribution is 6.15. The highest BCUT2D eigenvalue weighted by Gasteiger charge is 2.15. The molecule has 0 saturated heterocycles. The van der Waals surface area contributed by atoms with Crippen LogP contribution in [-0.4, -0.2) is 43.0 Å². The number of hydrogen-bond donors (Lipinski definition) is 2. The summed E-state index contributed by atoms with van der Waals surface area (Å²) in [5.41, 5.74) is 1.96. The summed E-state index contributed by atoms with van der Waals surface area (Å²) < 4.78 is 5.62. The normalized spacial score (nSPS) is 11.1. The number of fused-ring (bicyclic) bond motifs is 1. The largest absolute Gasteiger partial charge is 0.472 e. The van der Waals surface area contributed by atoms with Crippen LogP contribution in [0.4, 0.5) is 0 Å². The summed E-state index contributed by atoms with van der Waals surface area (Å²) in [6.07, 6.45) is 1.73. The first-order valence-corrected chi connectivity index (χ1v) is 7.65. The summed E-state index contributed by atoms with van der Waals surface area (Å²) in [6, 6.07) is 13.0. The standard InChI is InChI=1S/C18H19N3O2/c1-21(2)10-11-23-17-9-5-8-16(20-17)18(22)14-12-19-15-7-4-3-6-13(14)15/h3-9,12,19H,10-11H2,1-2H3/p+1. The quantitative estimate of drug-likeness (QED) is 0.675. The van der Waals surface area contributed by atoms with Crippen LogP contribution >= 0.6 is 0 Å². The van der Waals surface area contributed by atoms with E-state index in [4.69, 9.17) is 4.74 Å². The van der Waals surface area contributed by atoms with E-state index in [2.05, 4.69) is 24.1 Å². The van der Waals surface area contributed by atoms with Gasteiger partial charge in [-0.3, -0.25) is 4.79 Å². The molecule has 118 valence electrons. The molecule has 23 heavy (non-hydrogen) atoms. The van der Waals surface area contributed by atoms with Gasteiger partial charge in [-0.15, -0.1) is 0 Å². The molecule has 0 radical (unpaired) electrons. The number of quaternary nitrogens is 1. The minimum atomic E-state index is -0.105. The van der Waals surface area contributed by atoms with Crippen molar-refractivity contribution in [3.05, 3.63) is 59.9 Å². The van der Waals surface area contributed by atoms with E-state index in [0.29, 0.717) is 23.7 Å². The van der Waals surface area contributed by atoms with Crippen LogP contribution in [0, 0.1) is 0 Å². The Kier molecular flexibility index (Phi) is 4.39. The Labute approximate surface area is 134 Å². The predicted octanol–water partition coefficient (Wildman–Crippen LogP) is 1.32. The molecule has 5 nitrogen and oxygen atoms in total. The third-order valence-electron chi connectivity index (χ3n) is 3.64. The molecule has 2 aromatic heterocycles. The number of ketones is 1. The van der Waals surface area contributed by atoms with Crippen LogP contribution in [-0.2, 0) is 0 Å². The summed E-state index contributed by atoms with van der Waals surface area (Å²) >= 11 is 0. The number of para-hydroxylation sites is 1. The predicted molar refractivity (Wildman–Crippen MR) is 89.1 cm³/mol. The van der Waals surface area contributed by atoms with Gasteiger partial charge in [-0.1, -0.05) is 24.3 Å². The molecule has 0 fully saturated rings. The molecule has 0 unspecified atom stereocenters. The lowest BCUT2D eigenvalue weighted by Crippen LogP contribution is -3.06. The average Bonchev–Trinajstić information content (AvgIpc) is 2.98. The second-order valence-corrected chi connectivity index (χ2v) is 5.74. The third-order valence-corrected chi connectivity index (χ3v) is 3.64. The summed E-state index contributed by atoms with van der Waals surface area (Å²) in [7, 11) is 4.13. The SMILES string of the molecule is C[NH+](C)CCOc1cccc(C(=O)c2c[nH]c3ccccc23)n1. The topological polar surface area (TPSA) is 59.4 Å². The van der Waals surface area contributed by atoms with Gasteiger partial charge in [-0.05, 0) is 12.1 Å². The Hall–Kier alpha value is -2.66. The molecule has 0 aliphatic rings. The first-order valence-electron chi connectivity index (χ1n) is 7.65. The van der Waals surface area contributed by atoms with Crippen molar-refractivity contribution in [1.82, 2.24) is 9.97 Å². The van der Waals surface area contributed by atoms with Crippen molar-refractivity contribution >= 4 is 16.7 Å². The monoisotopic (exact) mass is 310 g/mol. The number of nitrogens with one attached hydrogen (secondary N) is 2. The number of aromatic nitrogens is 2. The van der Waals surface area contributed by atoms with Crippen molar-refractivity contribution in [3.63, 3.8) is 0 Å². The Balaban J connectivity index is 1.82. The summed E-state index contributed by atoms with van der Waals surface area (Å²) in [5, 5.41) is 0.904. The van der Waals surface area contributed by atoms with Gasteiger partial charge in [0.05, 0.1) is 14.1 Å². The number of pyridine rings is 1. The molecule has 3 aromatic rings. The Bertz CT molecular complexity index is 824. The van der Waals surface area contributed by atoms with E-state index < -0.39 is 0 Å². The van der Waals surface area contributed by atoms with E-state index in [9.17, 15) is 4.79 Å². The number of rotatable bonds is 6. The van der Waals surface area contributed by atoms with Crippen molar-refractivity contribution in [1.29, 1.82) is 0 Å². The second-order valence-electron chi connectivity index (χ2n) is 5.74. The molecule has 0 aliphatic heterocycles. The van der Waals surface area contributed by atoms with Crippen LogP contribution in [0.2, 0.25) is 0 Å². The van der Waals surface area contributed by atoms with E-state index >= 15 is 0 Å². The number of carbonyl (C=O) groups excluding carboxylic acids is 1. The third kappa shape index (κ3) is 3.40. The average molecular weight is 310 g/mol. The molecular formula is C18H20N3O2+. The summed E-state index contributed by atoms with van der Waals surface area (Å²) in [5.74, 6) is 0.378. The van der Waals surface area contributed by atoms with Gasteiger partial charge in [0.2, 0.25) is 11.7 Å². The minimum Gasteiger partial charge on any atom is -0.472 e. The fourth-order valence-electron chi connectivity index (χ4n) is 2.38. The van der Waals surface area contributed by atoms with Gasteiger partial charge in [0.15, 0.2) is 0 Å². The van der Waals surface area contributed by atoms with Crippen molar-refractivity contribution in [2.24, 2.45) is 0 Å². The lowest BCUT2D eigenvalue weighted by atomic mass is 10.1. The maximum atomic E-state index is 12.7. The van der Waals surface area contributed by atoms with Crippen LogP contribution in [0.3, 0.4) is 0 Å². The van der Waals surface area contributed by atoms with Gasteiger partial charge >= 0.3 is 0 Å². The van der Waals surface area contributed by atoms with E-state index in [-0.39, 0.29) is 5.78 Å². The number of hydrogen-bond acceptors (Lipinski definition) is 3. The molecule has 5 heteroatoms. The number of ether oxygens (including phenoxy) is 1. The maximum absolute atomic E-state index is 12.7. The number of aromatic amines is 1. The zero-order valence-electron chi connectivity index (χ0n) is 13.3. The fourth-order valence-corrected chi connectivity index (χ4v) is 2.38. The lowest BCUT2D eigenvalue weighted by Gasteiger charge is -2.09. The smallest absolute Gasteiger partial charge is 0.214 e. The number of nitrogens with zero attached hydrogens (tertiary/aromatic N) is 1. The molecule has 3 rings (SSSR count). The molecule has 1 aromatic carbocycles. The zero-order chi connectivity index (χ0) is 16.2. The van der Waals surface area contributed by atoms with Gasteiger partial charge < -0.3 is 14.6 Å². The van der Waals surface area contributed by atoms with Crippen molar-refractivity contribution in [3.8, 4) is 5.88 Å². The number of likely N-dealkylation sites (N-methyl/N-ethyl adjacent to an activating group) is 1. The van der Waals surface area contributed by atoms with Crippen LogP contribution in [0.25, 0.3) is 10.9 Å². The molecule has 0 bridgehead atoms. The first-order chi connectivity index (χ1) is 11.1. The van der Waals surface area contributed by atoms with Gasteiger partial charge in [0, 0.05) is 28.7 Å². The van der Waals surface area contributed by atoms with E-state index in [0.717, 1.165) is 17.4 Å². The van der Waals surface area contributed by atoms with Gasteiger partial charge in [-0.25, -0.2) is 4.98 Å². The number of H-pyrrole nitrogens is 1. The van der Waals surface area contributed by atoms with Crippen LogP contribution in [0.1, 0.15) is 16.1 Å². The molecule has 0 amide bonds. The lowest BCUT2D eigenvalue weighted by molar-refractivity contribution is -0.858. The molecular weight excluding hydrogens is 290 g/mol. The molecule has 0 atom stereocenters. The second kappa shape index (κ2) is 6.62.